The van der Waals surface area contributed by atoms with Crippen molar-refractivity contribution < 1.29 is 9.53 Å². The van der Waals surface area contributed by atoms with Crippen molar-refractivity contribution in [3.63, 3.8) is 0 Å². The summed E-state index contributed by atoms with van der Waals surface area (Å²) in [6.45, 7) is 2.85. The summed E-state index contributed by atoms with van der Waals surface area (Å²) in [4.78, 5) is 24.4. The Balaban J connectivity index is 1.68. The van der Waals surface area contributed by atoms with Crippen molar-refractivity contribution in [3.05, 3.63) is 40.3 Å². The van der Waals surface area contributed by atoms with Gasteiger partial charge in [-0.05, 0) is 31.9 Å². The predicted molar refractivity (Wildman–Crippen MR) is 96.9 cm³/mol. The van der Waals surface area contributed by atoms with Gasteiger partial charge in [0.05, 0.1) is 29.1 Å². The predicted octanol–water partition coefficient (Wildman–Crippen LogP) is 1.74. The fourth-order valence-corrected chi connectivity index (χ4v) is 3.55. The molecule has 0 bridgehead atoms. The first-order valence-electron chi connectivity index (χ1n) is 8.32. The van der Waals surface area contributed by atoms with E-state index in [1.54, 1.807) is 31.2 Å². The number of hydrogen-bond donors (Lipinski definition) is 2. The van der Waals surface area contributed by atoms with Gasteiger partial charge in [0.25, 0.3) is 0 Å². The number of hydrogen-bond acceptors (Lipinski definition) is 6. The third-order valence-electron chi connectivity index (χ3n) is 4.09. The van der Waals surface area contributed by atoms with Crippen molar-refractivity contribution in [2.24, 2.45) is 0 Å². The number of carbonyl (C=O) groups is 1. The van der Waals surface area contributed by atoms with Crippen LogP contribution in [0.15, 0.2) is 34.2 Å². The molecular formula is C17H19N5O3S. The number of ether oxygens (including phenoxy) is 1. The zero-order valence-electron chi connectivity index (χ0n) is 14.3. The smallest absolute Gasteiger partial charge is 0.344 e. The summed E-state index contributed by atoms with van der Waals surface area (Å²) >= 11 is 1.19. The van der Waals surface area contributed by atoms with E-state index in [0.29, 0.717) is 29.6 Å². The topological polar surface area (TPSA) is 113 Å². The van der Waals surface area contributed by atoms with Gasteiger partial charge in [-0.1, -0.05) is 23.9 Å². The average molecular weight is 373 g/mol. The minimum Gasteiger partial charge on any atom is -0.376 e. The number of nitriles is 1. The molecule has 1 aliphatic heterocycles. The minimum absolute atomic E-state index is 0.00344. The summed E-state index contributed by atoms with van der Waals surface area (Å²) in [7, 11) is 0. The van der Waals surface area contributed by atoms with Crippen LogP contribution in [0.3, 0.4) is 0 Å². The summed E-state index contributed by atoms with van der Waals surface area (Å²) in [6.07, 6.45) is 1.89. The van der Waals surface area contributed by atoms with Crippen LogP contribution in [-0.2, 0) is 16.1 Å². The number of nitrogens with one attached hydrogen (secondary N) is 2. The summed E-state index contributed by atoms with van der Waals surface area (Å²) < 4.78 is 7.08. The zero-order valence-corrected chi connectivity index (χ0v) is 15.1. The molecule has 26 heavy (non-hydrogen) atoms. The molecule has 1 amide bonds. The molecule has 1 saturated heterocycles. The summed E-state index contributed by atoms with van der Waals surface area (Å²) in [5.41, 5.74) is 0.546. The van der Waals surface area contributed by atoms with Gasteiger partial charge >= 0.3 is 5.69 Å². The van der Waals surface area contributed by atoms with Crippen molar-refractivity contribution in [1.82, 2.24) is 14.8 Å². The minimum atomic E-state index is -0.500. The van der Waals surface area contributed by atoms with Gasteiger partial charge in [-0.3, -0.25) is 9.36 Å². The molecule has 0 saturated carbocycles. The number of nitrogens with zero attached hydrogens (tertiary/aromatic N) is 3. The highest BCUT2D eigenvalue weighted by atomic mass is 32.2. The Morgan fingerprint density at radius 1 is 1.58 bits per heavy atom. The first-order valence-corrected chi connectivity index (χ1v) is 9.20. The fraction of sp³-hybridized carbons (Fsp3) is 0.412. The van der Waals surface area contributed by atoms with Gasteiger partial charge in [0, 0.05) is 6.61 Å². The number of amides is 1. The maximum absolute atomic E-state index is 12.5. The monoisotopic (exact) mass is 373 g/mol. The molecular weight excluding hydrogens is 354 g/mol. The molecule has 2 aromatic rings. The van der Waals surface area contributed by atoms with Crippen molar-refractivity contribution in [2.75, 3.05) is 11.9 Å². The number of carbonyl (C=O) groups excluding carboxylic acids is 1. The van der Waals surface area contributed by atoms with E-state index in [4.69, 9.17) is 10.00 Å². The Morgan fingerprint density at radius 2 is 2.38 bits per heavy atom. The first-order chi connectivity index (χ1) is 12.6. The lowest BCUT2D eigenvalue weighted by molar-refractivity contribution is -0.115. The number of aromatic amines is 1. The lowest BCUT2D eigenvalue weighted by atomic mass is 10.2. The van der Waals surface area contributed by atoms with Crippen LogP contribution in [0.5, 0.6) is 0 Å². The van der Waals surface area contributed by atoms with Crippen LogP contribution in [0, 0.1) is 11.3 Å². The van der Waals surface area contributed by atoms with Crippen molar-refractivity contribution in [1.29, 1.82) is 5.26 Å². The van der Waals surface area contributed by atoms with Gasteiger partial charge < -0.3 is 10.1 Å². The number of anilines is 1. The molecule has 0 aliphatic carbocycles. The highest BCUT2D eigenvalue weighted by molar-refractivity contribution is 8.00. The van der Waals surface area contributed by atoms with E-state index in [9.17, 15) is 9.59 Å². The second-order valence-corrected chi connectivity index (χ2v) is 7.27. The third kappa shape index (κ3) is 4.15. The third-order valence-corrected chi connectivity index (χ3v) is 5.18. The van der Waals surface area contributed by atoms with E-state index < -0.39 is 5.25 Å². The molecule has 8 nitrogen and oxygen atoms in total. The second-order valence-electron chi connectivity index (χ2n) is 5.96. The molecule has 1 aliphatic rings. The highest BCUT2D eigenvalue weighted by Crippen LogP contribution is 2.23. The molecule has 0 radical (unpaired) electrons. The molecule has 3 rings (SSSR count). The lowest BCUT2D eigenvalue weighted by Gasteiger charge is -2.14. The summed E-state index contributed by atoms with van der Waals surface area (Å²) in [5.74, 6) is -0.267. The van der Waals surface area contributed by atoms with Crippen LogP contribution < -0.4 is 11.0 Å². The highest BCUT2D eigenvalue weighted by Gasteiger charge is 2.23. The Kier molecular flexibility index (Phi) is 5.75. The SMILES string of the molecule is C[C@H](Sc1n[nH]c(=O)n1C[C@H]1CCCO1)C(=O)Nc1ccccc1C#N. The molecule has 136 valence electrons. The maximum atomic E-state index is 12.5. The molecule has 2 atom stereocenters. The van der Waals surface area contributed by atoms with Crippen LogP contribution in [0.4, 0.5) is 5.69 Å². The second kappa shape index (κ2) is 8.21. The lowest BCUT2D eigenvalue weighted by Crippen LogP contribution is -2.27. The fourth-order valence-electron chi connectivity index (χ4n) is 2.68. The summed E-state index contributed by atoms with van der Waals surface area (Å²) in [6, 6.07) is 8.85. The van der Waals surface area contributed by atoms with Crippen LogP contribution in [0.1, 0.15) is 25.3 Å². The van der Waals surface area contributed by atoms with Gasteiger partial charge in [0.1, 0.15) is 6.07 Å². The van der Waals surface area contributed by atoms with Gasteiger partial charge in [-0.15, -0.1) is 5.10 Å². The van der Waals surface area contributed by atoms with Crippen molar-refractivity contribution in [2.45, 2.75) is 42.8 Å². The van der Waals surface area contributed by atoms with E-state index in [0.717, 1.165) is 12.8 Å². The van der Waals surface area contributed by atoms with Crippen LogP contribution in [0.2, 0.25) is 0 Å². The largest absolute Gasteiger partial charge is 0.376 e. The number of aromatic nitrogens is 3. The van der Waals surface area contributed by atoms with Gasteiger partial charge in [0.15, 0.2) is 5.16 Å². The van der Waals surface area contributed by atoms with E-state index >= 15 is 0 Å². The number of para-hydroxylation sites is 1. The molecule has 0 spiro atoms. The molecule has 9 heteroatoms. The van der Waals surface area contributed by atoms with Crippen LogP contribution in [0.25, 0.3) is 0 Å². The standard InChI is InChI=1S/C17H19N5O3S/c1-11(15(23)19-14-7-3-2-5-12(14)9-18)26-17-21-20-16(24)22(17)10-13-6-4-8-25-13/h2-3,5,7,11,13H,4,6,8,10H2,1H3,(H,19,23)(H,20,24)/t11-,13+/m0/s1. The van der Waals surface area contributed by atoms with E-state index in [1.165, 1.54) is 16.3 Å². The van der Waals surface area contributed by atoms with Gasteiger partial charge in [-0.25, -0.2) is 9.89 Å². The molecule has 1 aromatic heterocycles. The summed E-state index contributed by atoms with van der Waals surface area (Å²) in [5, 5.41) is 18.3. The zero-order chi connectivity index (χ0) is 18.5. The number of benzene rings is 1. The maximum Gasteiger partial charge on any atom is 0.344 e. The Bertz CT molecular complexity index is 879. The van der Waals surface area contributed by atoms with Gasteiger partial charge in [-0.2, -0.15) is 5.26 Å². The van der Waals surface area contributed by atoms with E-state index in [2.05, 4.69) is 15.5 Å². The molecule has 2 N–H and O–H groups in total. The normalized spacial score (nSPS) is 17.6. The van der Waals surface area contributed by atoms with Crippen LogP contribution >= 0.6 is 11.8 Å². The molecule has 1 fully saturated rings. The van der Waals surface area contributed by atoms with Crippen molar-refractivity contribution in [3.8, 4) is 6.07 Å². The quantitative estimate of drug-likeness (QED) is 0.746. The molecule has 0 unspecified atom stereocenters. The van der Waals surface area contributed by atoms with Crippen LogP contribution in [-0.4, -0.2) is 38.6 Å². The molecule has 1 aromatic carbocycles. The number of rotatable bonds is 6. The van der Waals surface area contributed by atoms with Crippen molar-refractivity contribution >= 4 is 23.4 Å². The Morgan fingerprint density at radius 3 is 3.12 bits per heavy atom. The van der Waals surface area contributed by atoms with E-state index in [-0.39, 0.29) is 17.7 Å². The Hall–Kier alpha value is -2.57. The number of thioether (sulfide) groups is 1. The first kappa shape index (κ1) is 18.2. The number of H-pyrrole nitrogens is 1. The van der Waals surface area contributed by atoms with Gasteiger partial charge in [0.2, 0.25) is 5.91 Å². The van der Waals surface area contributed by atoms with E-state index in [1.807, 2.05) is 6.07 Å². The molecule has 2 heterocycles. The Labute approximate surface area is 154 Å². The average Bonchev–Trinajstić information content (AvgIpc) is 3.27.